The highest BCUT2D eigenvalue weighted by Gasteiger charge is 2.38. The average molecular weight is 406 g/mol. The van der Waals surface area contributed by atoms with Gasteiger partial charge >= 0.3 is 0 Å². The van der Waals surface area contributed by atoms with Crippen molar-refractivity contribution in [3.63, 3.8) is 0 Å². The molecule has 148 valence electrons. The third kappa shape index (κ3) is 3.87. The maximum Gasteiger partial charge on any atom is 0.258 e. The third-order valence-electron chi connectivity index (χ3n) is 5.18. The Bertz CT molecular complexity index is 883. The van der Waals surface area contributed by atoms with Gasteiger partial charge in [-0.3, -0.25) is 4.79 Å². The van der Waals surface area contributed by atoms with Crippen LogP contribution in [0.5, 0.6) is 17.2 Å². The van der Waals surface area contributed by atoms with Crippen LogP contribution in [0.4, 0.5) is 4.39 Å². The summed E-state index contributed by atoms with van der Waals surface area (Å²) in [6.45, 7) is 0.858. The van der Waals surface area contributed by atoms with Gasteiger partial charge in [0.15, 0.2) is 18.1 Å². The number of halogens is 2. The van der Waals surface area contributed by atoms with Crippen molar-refractivity contribution in [1.29, 1.82) is 0 Å². The molecular formula is C21H21ClFNO4. The van der Waals surface area contributed by atoms with Gasteiger partial charge in [-0.25, -0.2) is 4.39 Å². The molecule has 1 amide bonds. The Morgan fingerprint density at radius 1 is 1.11 bits per heavy atom. The summed E-state index contributed by atoms with van der Waals surface area (Å²) >= 11 is 5.95. The van der Waals surface area contributed by atoms with Crippen LogP contribution in [0.3, 0.4) is 0 Å². The standard InChI is InChI=1S/C21H21ClFNO4/c22-16-12-15(23)4-6-17(16)28-13-20(25)24-21(7-1-2-8-21)14-3-5-18-19(11-14)27-10-9-26-18/h3-6,11-12H,1-2,7-10,13H2,(H,24,25). The van der Waals surface area contributed by atoms with Crippen LogP contribution in [-0.2, 0) is 10.3 Å². The van der Waals surface area contributed by atoms with Crippen molar-refractivity contribution in [2.24, 2.45) is 0 Å². The van der Waals surface area contributed by atoms with Gasteiger partial charge in [-0.15, -0.1) is 0 Å². The molecule has 1 fully saturated rings. The molecule has 1 saturated carbocycles. The largest absolute Gasteiger partial charge is 0.486 e. The fraction of sp³-hybridized carbons (Fsp3) is 0.381. The molecule has 2 aromatic rings. The third-order valence-corrected chi connectivity index (χ3v) is 5.48. The van der Waals surface area contributed by atoms with Crippen molar-refractivity contribution in [3.05, 3.63) is 52.8 Å². The number of carbonyl (C=O) groups is 1. The number of amides is 1. The van der Waals surface area contributed by atoms with Gasteiger partial charge in [-0.1, -0.05) is 30.5 Å². The topological polar surface area (TPSA) is 56.8 Å². The SMILES string of the molecule is O=C(COc1ccc(F)cc1Cl)NC1(c2ccc3c(c2)OCCO3)CCCC1. The van der Waals surface area contributed by atoms with Crippen molar-refractivity contribution in [3.8, 4) is 17.2 Å². The van der Waals surface area contributed by atoms with E-state index in [1.807, 2.05) is 18.2 Å². The van der Waals surface area contributed by atoms with Crippen molar-refractivity contribution >= 4 is 17.5 Å². The average Bonchev–Trinajstić information content (AvgIpc) is 3.16. The van der Waals surface area contributed by atoms with E-state index in [0.29, 0.717) is 19.0 Å². The van der Waals surface area contributed by atoms with Gasteiger partial charge in [0, 0.05) is 0 Å². The molecule has 4 rings (SSSR count). The van der Waals surface area contributed by atoms with E-state index in [1.165, 1.54) is 12.1 Å². The molecule has 28 heavy (non-hydrogen) atoms. The summed E-state index contributed by atoms with van der Waals surface area (Å²) < 4.78 is 29.9. The molecule has 1 N–H and O–H groups in total. The van der Waals surface area contributed by atoms with Gasteiger partial charge in [0.2, 0.25) is 0 Å². The van der Waals surface area contributed by atoms with Gasteiger partial charge < -0.3 is 19.5 Å². The summed E-state index contributed by atoms with van der Waals surface area (Å²) in [6.07, 6.45) is 3.74. The Hall–Kier alpha value is -2.47. The number of hydrogen-bond acceptors (Lipinski definition) is 4. The Balaban J connectivity index is 1.48. The lowest BCUT2D eigenvalue weighted by atomic mass is 9.87. The molecule has 0 aromatic heterocycles. The Morgan fingerprint density at radius 2 is 1.86 bits per heavy atom. The zero-order valence-electron chi connectivity index (χ0n) is 15.3. The first-order valence-corrected chi connectivity index (χ1v) is 9.73. The van der Waals surface area contributed by atoms with E-state index >= 15 is 0 Å². The van der Waals surface area contributed by atoms with Crippen molar-refractivity contribution in [1.82, 2.24) is 5.32 Å². The normalized spacial score (nSPS) is 17.2. The molecule has 0 radical (unpaired) electrons. The van der Waals surface area contributed by atoms with Crippen molar-refractivity contribution < 1.29 is 23.4 Å². The van der Waals surface area contributed by atoms with E-state index in [2.05, 4.69) is 5.32 Å². The predicted octanol–water partition coefficient (Wildman–Crippen LogP) is 4.21. The lowest BCUT2D eigenvalue weighted by Gasteiger charge is -2.32. The molecule has 7 heteroatoms. The molecular weight excluding hydrogens is 385 g/mol. The number of fused-ring (bicyclic) bond motifs is 1. The highest BCUT2D eigenvalue weighted by Crippen LogP contribution is 2.42. The van der Waals surface area contributed by atoms with Gasteiger partial charge in [0.05, 0.1) is 10.6 Å². The monoisotopic (exact) mass is 405 g/mol. The molecule has 0 bridgehead atoms. The fourth-order valence-corrected chi connectivity index (χ4v) is 4.07. The molecule has 5 nitrogen and oxygen atoms in total. The first kappa shape index (κ1) is 18.9. The Labute approximate surface area is 167 Å². The fourth-order valence-electron chi connectivity index (χ4n) is 3.84. The number of benzene rings is 2. The van der Waals surface area contributed by atoms with E-state index < -0.39 is 11.4 Å². The maximum absolute atomic E-state index is 13.1. The van der Waals surface area contributed by atoms with Crippen LogP contribution in [0.1, 0.15) is 31.2 Å². The van der Waals surface area contributed by atoms with Crippen LogP contribution >= 0.6 is 11.6 Å². The van der Waals surface area contributed by atoms with Gasteiger partial charge in [0.1, 0.15) is 24.8 Å². The number of nitrogens with one attached hydrogen (secondary N) is 1. The van der Waals surface area contributed by atoms with E-state index in [1.54, 1.807) is 0 Å². The van der Waals surface area contributed by atoms with E-state index in [4.69, 9.17) is 25.8 Å². The second kappa shape index (κ2) is 7.87. The lowest BCUT2D eigenvalue weighted by Crippen LogP contribution is -2.45. The number of carbonyl (C=O) groups excluding carboxylic acids is 1. The first-order valence-electron chi connectivity index (χ1n) is 9.35. The molecule has 1 heterocycles. The minimum Gasteiger partial charge on any atom is -0.486 e. The summed E-state index contributed by atoms with van der Waals surface area (Å²) in [4.78, 5) is 12.6. The molecule has 1 aliphatic carbocycles. The Morgan fingerprint density at radius 3 is 2.61 bits per heavy atom. The number of rotatable bonds is 5. The lowest BCUT2D eigenvalue weighted by molar-refractivity contribution is -0.125. The van der Waals surface area contributed by atoms with Crippen LogP contribution in [0.2, 0.25) is 5.02 Å². The zero-order chi connectivity index (χ0) is 19.6. The summed E-state index contributed by atoms with van der Waals surface area (Å²) in [6, 6.07) is 9.64. The molecule has 1 aliphatic heterocycles. The number of ether oxygens (including phenoxy) is 3. The van der Waals surface area contributed by atoms with E-state index in [-0.39, 0.29) is 23.3 Å². The summed E-state index contributed by atoms with van der Waals surface area (Å²) in [5, 5.41) is 3.27. The van der Waals surface area contributed by atoms with E-state index in [0.717, 1.165) is 43.1 Å². The predicted molar refractivity (Wildman–Crippen MR) is 103 cm³/mol. The minimum absolute atomic E-state index is 0.134. The molecule has 2 aromatic carbocycles. The maximum atomic E-state index is 13.1. The highest BCUT2D eigenvalue weighted by atomic mass is 35.5. The van der Waals surface area contributed by atoms with Crippen molar-refractivity contribution in [2.75, 3.05) is 19.8 Å². The molecule has 0 unspecified atom stereocenters. The first-order chi connectivity index (χ1) is 13.6. The molecule has 0 saturated heterocycles. The minimum atomic E-state index is -0.455. The summed E-state index contributed by atoms with van der Waals surface area (Å²) in [5.74, 6) is 1.00. The van der Waals surface area contributed by atoms with Crippen LogP contribution in [-0.4, -0.2) is 25.7 Å². The zero-order valence-corrected chi connectivity index (χ0v) is 16.1. The van der Waals surface area contributed by atoms with Crippen LogP contribution in [0.25, 0.3) is 0 Å². The van der Waals surface area contributed by atoms with Gasteiger partial charge in [0.25, 0.3) is 5.91 Å². The Kier molecular flexibility index (Phi) is 5.31. The quantitative estimate of drug-likeness (QED) is 0.809. The second-order valence-corrected chi connectivity index (χ2v) is 7.47. The van der Waals surface area contributed by atoms with Crippen LogP contribution in [0, 0.1) is 5.82 Å². The van der Waals surface area contributed by atoms with Gasteiger partial charge in [-0.05, 0) is 48.7 Å². The highest BCUT2D eigenvalue weighted by molar-refractivity contribution is 6.32. The summed E-state index contributed by atoms with van der Waals surface area (Å²) in [7, 11) is 0. The van der Waals surface area contributed by atoms with Gasteiger partial charge in [-0.2, -0.15) is 0 Å². The van der Waals surface area contributed by atoms with Crippen LogP contribution < -0.4 is 19.5 Å². The van der Waals surface area contributed by atoms with Crippen molar-refractivity contribution in [2.45, 2.75) is 31.2 Å². The number of hydrogen-bond donors (Lipinski definition) is 1. The smallest absolute Gasteiger partial charge is 0.258 e. The van der Waals surface area contributed by atoms with Crippen LogP contribution in [0.15, 0.2) is 36.4 Å². The molecule has 2 aliphatic rings. The molecule has 0 spiro atoms. The molecule has 0 atom stereocenters. The second-order valence-electron chi connectivity index (χ2n) is 7.06. The van der Waals surface area contributed by atoms with E-state index in [9.17, 15) is 9.18 Å². The summed E-state index contributed by atoms with van der Waals surface area (Å²) in [5.41, 5.74) is 0.547.